The molecule has 22 heavy (non-hydrogen) atoms. The molecule has 0 spiro atoms. The molecule has 2 aliphatic rings. The fourth-order valence-electron chi connectivity index (χ4n) is 3.78. The lowest BCUT2D eigenvalue weighted by molar-refractivity contribution is 0.360. The molecule has 4 rings (SSSR count). The van der Waals surface area contributed by atoms with E-state index >= 15 is 0 Å². The van der Waals surface area contributed by atoms with E-state index in [1.165, 1.54) is 16.7 Å². The molecule has 3 atom stereocenters. The highest BCUT2D eigenvalue weighted by Crippen LogP contribution is 2.44. The number of nitrogens with zero attached hydrogens (tertiary/aromatic N) is 1. The summed E-state index contributed by atoms with van der Waals surface area (Å²) >= 11 is 12.2. The minimum Gasteiger partial charge on any atom is -0.298 e. The van der Waals surface area contributed by atoms with Crippen LogP contribution in [0.2, 0.25) is 10.0 Å². The SMILES string of the molecule is Clc1ccc([C@@H]2CN3CC=C(c4cccc(Cl)c4)[C@H]2C3)cc1. The van der Waals surface area contributed by atoms with E-state index in [9.17, 15) is 0 Å². The zero-order valence-electron chi connectivity index (χ0n) is 12.2. The predicted octanol–water partition coefficient (Wildman–Crippen LogP) is 5.11. The quantitative estimate of drug-likeness (QED) is 0.740. The fourth-order valence-corrected chi connectivity index (χ4v) is 4.09. The van der Waals surface area contributed by atoms with Gasteiger partial charge in [0.15, 0.2) is 0 Å². The maximum Gasteiger partial charge on any atom is 0.0412 e. The Balaban J connectivity index is 1.70. The topological polar surface area (TPSA) is 3.24 Å². The Bertz CT molecular complexity index is 720. The zero-order chi connectivity index (χ0) is 15.1. The molecular weight excluding hydrogens is 313 g/mol. The second-order valence-electron chi connectivity index (χ2n) is 6.15. The second-order valence-corrected chi connectivity index (χ2v) is 7.03. The van der Waals surface area contributed by atoms with Crippen LogP contribution in [0.15, 0.2) is 54.6 Å². The van der Waals surface area contributed by atoms with Gasteiger partial charge in [0, 0.05) is 41.5 Å². The van der Waals surface area contributed by atoms with Crippen molar-refractivity contribution in [3.63, 3.8) is 0 Å². The molecule has 2 aliphatic heterocycles. The Hall–Kier alpha value is -1.28. The van der Waals surface area contributed by atoms with Crippen LogP contribution in [-0.2, 0) is 0 Å². The van der Waals surface area contributed by atoms with Crippen LogP contribution < -0.4 is 0 Å². The molecule has 0 radical (unpaired) electrons. The molecule has 3 heteroatoms. The van der Waals surface area contributed by atoms with Crippen LogP contribution in [0.3, 0.4) is 0 Å². The molecule has 0 aliphatic carbocycles. The monoisotopic (exact) mass is 329 g/mol. The van der Waals surface area contributed by atoms with E-state index < -0.39 is 0 Å². The van der Waals surface area contributed by atoms with Crippen molar-refractivity contribution in [1.82, 2.24) is 4.90 Å². The van der Waals surface area contributed by atoms with Crippen molar-refractivity contribution in [3.05, 3.63) is 75.8 Å². The summed E-state index contributed by atoms with van der Waals surface area (Å²) in [4.78, 5) is 2.53. The zero-order valence-corrected chi connectivity index (χ0v) is 13.7. The molecule has 1 nitrogen and oxygen atoms in total. The standard InChI is InChI=1S/C19H17Cl2N/c20-15-6-4-13(5-7-15)18-11-22-9-8-17(19(18)12-22)14-2-1-3-16(21)10-14/h1-8,10,18-19H,9,11-12H2/t18-,19+/m0/s1. The Labute approximate surface area is 141 Å². The summed E-state index contributed by atoms with van der Waals surface area (Å²) in [6.07, 6.45) is 2.37. The molecule has 1 unspecified atom stereocenters. The van der Waals surface area contributed by atoms with Gasteiger partial charge in [0.1, 0.15) is 0 Å². The first kappa shape index (κ1) is 14.3. The average Bonchev–Trinajstić information content (AvgIpc) is 2.85. The Morgan fingerprint density at radius 1 is 0.864 bits per heavy atom. The number of rotatable bonds is 2. The number of benzene rings is 2. The molecule has 2 bridgehead atoms. The first-order valence-electron chi connectivity index (χ1n) is 7.64. The van der Waals surface area contributed by atoms with Crippen LogP contribution in [0.5, 0.6) is 0 Å². The summed E-state index contributed by atoms with van der Waals surface area (Å²) in [7, 11) is 0. The third-order valence-electron chi connectivity index (χ3n) is 4.82. The summed E-state index contributed by atoms with van der Waals surface area (Å²) in [5, 5.41) is 1.61. The highest BCUT2D eigenvalue weighted by atomic mass is 35.5. The van der Waals surface area contributed by atoms with Gasteiger partial charge in [-0.3, -0.25) is 4.90 Å². The molecule has 0 amide bonds. The fraction of sp³-hybridized carbons (Fsp3) is 0.263. The van der Waals surface area contributed by atoms with E-state index in [-0.39, 0.29) is 0 Å². The van der Waals surface area contributed by atoms with Crippen molar-refractivity contribution < 1.29 is 0 Å². The molecule has 1 saturated heterocycles. The normalized spacial score (nSPS) is 26.8. The van der Waals surface area contributed by atoms with E-state index in [1.807, 2.05) is 24.3 Å². The number of fused-ring (bicyclic) bond motifs is 2. The van der Waals surface area contributed by atoms with Crippen molar-refractivity contribution in [3.8, 4) is 0 Å². The van der Waals surface area contributed by atoms with Crippen LogP contribution in [0, 0.1) is 5.92 Å². The number of hydrogen-bond acceptors (Lipinski definition) is 1. The third kappa shape index (κ3) is 2.58. The van der Waals surface area contributed by atoms with Crippen molar-refractivity contribution in [2.45, 2.75) is 5.92 Å². The number of hydrogen-bond donors (Lipinski definition) is 0. The van der Waals surface area contributed by atoms with E-state index in [1.54, 1.807) is 0 Å². The van der Waals surface area contributed by atoms with Crippen LogP contribution in [0.4, 0.5) is 0 Å². The summed E-state index contributed by atoms with van der Waals surface area (Å²) in [5.41, 5.74) is 4.08. The van der Waals surface area contributed by atoms with Crippen molar-refractivity contribution in [2.75, 3.05) is 19.6 Å². The molecule has 2 aromatic rings. The van der Waals surface area contributed by atoms with Crippen LogP contribution >= 0.6 is 23.2 Å². The highest BCUT2D eigenvalue weighted by Gasteiger charge is 2.38. The molecule has 2 aromatic carbocycles. The van der Waals surface area contributed by atoms with E-state index in [4.69, 9.17) is 23.2 Å². The summed E-state index contributed by atoms with van der Waals surface area (Å²) in [6, 6.07) is 16.6. The average molecular weight is 330 g/mol. The largest absolute Gasteiger partial charge is 0.298 e. The van der Waals surface area contributed by atoms with Crippen molar-refractivity contribution >= 4 is 28.8 Å². The lowest BCUT2D eigenvalue weighted by Crippen LogP contribution is -2.24. The lowest BCUT2D eigenvalue weighted by atomic mass is 9.80. The molecular formula is C19H17Cl2N. The van der Waals surface area contributed by atoms with Gasteiger partial charge in [-0.2, -0.15) is 0 Å². The first-order chi connectivity index (χ1) is 10.7. The predicted molar refractivity (Wildman–Crippen MR) is 93.6 cm³/mol. The molecule has 112 valence electrons. The Morgan fingerprint density at radius 3 is 2.41 bits per heavy atom. The maximum absolute atomic E-state index is 6.18. The van der Waals surface area contributed by atoms with Gasteiger partial charge in [-0.25, -0.2) is 0 Å². The van der Waals surface area contributed by atoms with Gasteiger partial charge in [-0.15, -0.1) is 0 Å². The van der Waals surface area contributed by atoms with Gasteiger partial charge in [0.05, 0.1) is 0 Å². The molecule has 1 fully saturated rings. The molecule has 0 aromatic heterocycles. The smallest absolute Gasteiger partial charge is 0.0412 e. The van der Waals surface area contributed by atoms with Gasteiger partial charge in [-0.1, -0.05) is 53.5 Å². The maximum atomic E-state index is 6.18. The molecule has 0 N–H and O–H groups in total. The molecule has 2 heterocycles. The van der Waals surface area contributed by atoms with E-state index in [2.05, 4.69) is 35.2 Å². The van der Waals surface area contributed by atoms with Gasteiger partial charge < -0.3 is 0 Å². The van der Waals surface area contributed by atoms with Crippen LogP contribution in [0.25, 0.3) is 5.57 Å². The van der Waals surface area contributed by atoms with Gasteiger partial charge in [-0.05, 0) is 41.0 Å². The van der Waals surface area contributed by atoms with Crippen LogP contribution in [-0.4, -0.2) is 24.5 Å². The van der Waals surface area contributed by atoms with Gasteiger partial charge in [0.25, 0.3) is 0 Å². The van der Waals surface area contributed by atoms with Crippen molar-refractivity contribution in [2.24, 2.45) is 5.92 Å². The lowest BCUT2D eigenvalue weighted by Gasteiger charge is -2.25. The van der Waals surface area contributed by atoms with Gasteiger partial charge >= 0.3 is 0 Å². The second kappa shape index (κ2) is 5.73. The Kier molecular flexibility index (Phi) is 3.73. The highest BCUT2D eigenvalue weighted by molar-refractivity contribution is 6.31. The molecule has 0 saturated carbocycles. The summed E-state index contributed by atoms with van der Waals surface area (Å²) < 4.78 is 0. The van der Waals surface area contributed by atoms with E-state index in [0.29, 0.717) is 11.8 Å². The summed E-state index contributed by atoms with van der Waals surface area (Å²) in [6.45, 7) is 3.28. The minimum absolute atomic E-state index is 0.532. The van der Waals surface area contributed by atoms with Crippen LogP contribution in [0.1, 0.15) is 17.0 Å². The third-order valence-corrected chi connectivity index (χ3v) is 5.31. The summed E-state index contributed by atoms with van der Waals surface area (Å²) in [5.74, 6) is 1.07. The van der Waals surface area contributed by atoms with Gasteiger partial charge in [0.2, 0.25) is 0 Å². The minimum atomic E-state index is 0.532. The van der Waals surface area contributed by atoms with Crippen molar-refractivity contribution in [1.29, 1.82) is 0 Å². The Morgan fingerprint density at radius 2 is 1.64 bits per heavy atom. The number of halogens is 2. The first-order valence-corrected chi connectivity index (χ1v) is 8.40. The van der Waals surface area contributed by atoms with E-state index in [0.717, 1.165) is 29.7 Å².